The zero-order chi connectivity index (χ0) is 18.3. The molecule has 0 saturated carbocycles. The number of nitrogens with two attached hydrogens (primary N) is 1. The van der Waals surface area contributed by atoms with Crippen LogP contribution in [0.1, 0.15) is 77.2 Å². The van der Waals surface area contributed by atoms with E-state index in [-0.39, 0.29) is 5.41 Å². The van der Waals surface area contributed by atoms with Crippen LogP contribution < -0.4 is 5.73 Å². The number of anilines is 1. The summed E-state index contributed by atoms with van der Waals surface area (Å²) in [6, 6.07) is 8.54. The minimum Gasteiger partial charge on any atom is -0.399 e. The van der Waals surface area contributed by atoms with Gasteiger partial charge in [0, 0.05) is 5.69 Å². The molecule has 0 aliphatic heterocycles. The van der Waals surface area contributed by atoms with Gasteiger partial charge in [0.1, 0.15) is 0 Å². The van der Waals surface area contributed by atoms with E-state index in [0.29, 0.717) is 11.8 Å². The van der Waals surface area contributed by atoms with Crippen molar-refractivity contribution in [1.82, 2.24) is 0 Å². The lowest BCUT2D eigenvalue weighted by molar-refractivity contribution is 0.236. The van der Waals surface area contributed by atoms with Crippen LogP contribution in [0, 0.1) is 11.3 Å². The standard InChI is InChI=1S/C24H35N/c1-5-7-9-10-15-24(3,4)23(20-13-11-14-22(25)17-20)18-21-16-19(21)12-8-6-2/h8,11,13-14,16-17,21,23H,2,5,7,9-10,12,15,18,25H2,1,3-4H3. The molecule has 1 aliphatic rings. The average molecular weight is 338 g/mol. The van der Waals surface area contributed by atoms with Gasteiger partial charge in [0.2, 0.25) is 0 Å². The highest BCUT2D eigenvalue weighted by molar-refractivity contribution is 5.43. The molecule has 1 aliphatic carbocycles. The second kappa shape index (κ2) is 9.11. The van der Waals surface area contributed by atoms with E-state index in [4.69, 9.17) is 5.73 Å². The Kier molecular flexibility index (Phi) is 7.14. The van der Waals surface area contributed by atoms with Crippen LogP contribution in [0.4, 0.5) is 5.69 Å². The number of hydrogen-bond acceptors (Lipinski definition) is 1. The van der Waals surface area contributed by atoms with E-state index in [0.717, 1.165) is 12.1 Å². The van der Waals surface area contributed by atoms with E-state index >= 15 is 0 Å². The van der Waals surface area contributed by atoms with Crippen LogP contribution in [0.25, 0.3) is 0 Å². The molecule has 0 fully saturated rings. The largest absolute Gasteiger partial charge is 0.399 e. The van der Waals surface area contributed by atoms with Crippen LogP contribution in [0.3, 0.4) is 0 Å². The molecular formula is C24H35N. The Morgan fingerprint density at radius 1 is 1.28 bits per heavy atom. The normalized spacial score (nSPS) is 17.6. The fraction of sp³-hybridized carbons (Fsp3) is 0.542. The first-order chi connectivity index (χ1) is 12.0. The molecule has 0 aromatic heterocycles. The van der Waals surface area contributed by atoms with Crippen LogP contribution in [0.5, 0.6) is 0 Å². The molecule has 2 unspecified atom stereocenters. The number of nitrogen functional groups attached to an aromatic ring is 1. The summed E-state index contributed by atoms with van der Waals surface area (Å²) >= 11 is 0. The van der Waals surface area contributed by atoms with Gasteiger partial charge in [-0.15, -0.1) is 5.73 Å². The van der Waals surface area contributed by atoms with Crippen LogP contribution >= 0.6 is 0 Å². The number of benzene rings is 1. The molecule has 2 atom stereocenters. The lowest BCUT2D eigenvalue weighted by Crippen LogP contribution is -2.23. The van der Waals surface area contributed by atoms with Gasteiger partial charge in [-0.1, -0.05) is 76.8 Å². The summed E-state index contributed by atoms with van der Waals surface area (Å²) < 4.78 is 0. The molecule has 1 heteroatoms. The van der Waals surface area contributed by atoms with Gasteiger partial charge < -0.3 is 5.73 Å². The van der Waals surface area contributed by atoms with Gasteiger partial charge in [-0.25, -0.2) is 0 Å². The van der Waals surface area contributed by atoms with E-state index in [1.54, 1.807) is 5.57 Å². The lowest BCUT2D eigenvalue weighted by Gasteiger charge is -2.36. The summed E-state index contributed by atoms with van der Waals surface area (Å²) in [5.41, 5.74) is 13.1. The molecule has 0 heterocycles. The Morgan fingerprint density at radius 3 is 2.76 bits per heavy atom. The topological polar surface area (TPSA) is 26.0 Å². The van der Waals surface area contributed by atoms with Crippen molar-refractivity contribution in [2.75, 3.05) is 5.73 Å². The molecule has 1 nitrogen and oxygen atoms in total. The molecule has 0 bridgehead atoms. The van der Waals surface area contributed by atoms with Crippen molar-refractivity contribution in [2.45, 2.75) is 71.6 Å². The fourth-order valence-electron chi connectivity index (χ4n) is 3.96. The summed E-state index contributed by atoms with van der Waals surface area (Å²) in [7, 11) is 0. The van der Waals surface area contributed by atoms with Crippen LogP contribution in [-0.4, -0.2) is 0 Å². The van der Waals surface area contributed by atoms with E-state index in [1.165, 1.54) is 44.1 Å². The highest BCUT2D eigenvalue weighted by Crippen LogP contribution is 2.49. The van der Waals surface area contributed by atoms with Crippen molar-refractivity contribution in [3.8, 4) is 0 Å². The zero-order valence-electron chi connectivity index (χ0n) is 16.4. The smallest absolute Gasteiger partial charge is 0.0316 e. The van der Waals surface area contributed by atoms with Crippen molar-refractivity contribution < 1.29 is 0 Å². The summed E-state index contributed by atoms with van der Waals surface area (Å²) in [6.45, 7) is 10.8. The predicted molar refractivity (Wildman–Crippen MR) is 111 cm³/mol. The Labute approximate surface area is 154 Å². The molecule has 0 amide bonds. The summed E-state index contributed by atoms with van der Waals surface area (Å²) in [5, 5.41) is 0. The van der Waals surface area contributed by atoms with Crippen molar-refractivity contribution in [2.24, 2.45) is 11.3 Å². The average Bonchev–Trinajstić information content (AvgIpc) is 3.33. The molecule has 0 radical (unpaired) electrons. The van der Waals surface area contributed by atoms with E-state index in [2.05, 4.69) is 57.4 Å². The first-order valence-corrected chi connectivity index (χ1v) is 9.88. The molecule has 2 N–H and O–H groups in total. The molecule has 1 aromatic carbocycles. The van der Waals surface area contributed by atoms with Crippen molar-refractivity contribution in [3.63, 3.8) is 0 Å². The van der Waals surface area contributed by atoms with Crippen LogP contribution in [-0.2, 0) is 0 Å². The lowest BCUT2D eigenvalue weighted by atomic mass is 9.69. The van der Waals surface area contributed by atoms with Crippen molar-refractivity contribution in [3.05, 3.63) is 59.9 Å². The van der Waals surface area contributed by atoms with Crippen molar-refractivity contribution >= 4 is 5.69 Å². The maximum Gasteiger partial charge on any atom is 0.0316 e. The van der Waals surface area contributed by atoms with Gasteiger partial charge in [0.25, 0.3) is 0 Å². The summed E-state index contributed by atoms with van der Waals surface area (Å²) in [4.78, 5) is 0. The molecule has 25 heavy (non-hydrogen) atoms. The Balaban J connectivity index is 2.08. The second-order valence-electron chi connectivity index (χ2n) is 8.22. The van der Waals surface area contributed by atoms with Gasteiger partial charge in [-0.2, -0.15) is 0 Å². The fourth-order valence-corrected chi connectivity index (χ4v) is 3.96. The summed E-state index contributed by atoms with van der Waals surface area (Å²) in [6.07, 6.45) is 13.3. The van der Waals surface area contributed by atoms with Gasteiger partial charge in [0.05, 0.1) is 0 Å². The van der Waals surface area contributed by atoms with Gasteiger partial charge in [-0.3, -0.25) is 0 Å². The highest BCUT2D eigenvalue weighted by Gasteiger charge is 2.35. The summed E-state index contributed by atoms with van der Waals surface area (Å²) in [5.74, 6) is 1.19. The van der Waals surface area contributed by atoms with Crippen molar-refractivity contribution in [1.29, 1.82) is 0 Å². The highest BCUT2D eigenvalue weighted by atomic mass is 14.5. The maximum absolute atomic E-state index is 6.09. The first kappa shape index (κ1) is 19.6. The third-order valence-corrected chi connectivity index (χ3v) is 5.69. The molecular weight excluding hydrogens is 302 g/mol. The molecule has 0 saturated heterocycles. The number of rotatable bonds is 11. The molecule has 2 rings (SSSR count). The molecule has 1 aromatic rings. The van der Waals surface area contributed by atoms with Crippen LogP contribution in [0.2, 0.25) is 0 Å². The predicted octanol–water partition coefficient (Wildman–Crippen LogP) is 7.03. The second-order valence-corrected chi connectivity index (χ2v) is 8.22. The van der Waals surface area contributed by atoms with E-state index < -0.39 is 0 Å². The maximum atomic E-state index is 6.09. The third-order valence-electron chi connectivity index (χ3n) is 5.69. The molecule has 136 valence electrons. The van der Waals surface area contributed by atoms with E-state index in [9.17, 15) is 0 Å². The van der Waals surface area contributed by atoms with Crippen LogP contribution in [0.15, 0.2) is 54.3 Å². The van der Waals surface area contributed by atoms with Gasteiger partial charge >= 0.3 is 0 Å². The third kappa shape index (κ3) is 5.94. The zero-order valence-corrected chi connectivity index (χ0v) is 16.4. The number of hydrogen-bond donors (Lipinski definition) is 1. The molecule has 0 spiro atoms. The SMILES string of the molecule is C=C=CCC1=CC1CC(c1cccc(N)c1)C(C)(C)CCCCCC. The first-order valence-electron chi connectivity index (χ1n) is 9.88. The van der Waals surface area contributed by atoms with Gasteiger partial charge in [-0.05, 0) is 60.3 Å². The van der Waals surface area contributed by atoms with Gasteiger partial charge in [0.15, 0.2) is 0 Å². The van der Waals surface area contributed by atoms with E-state index in [1.807, 2.05) is 12.1 Å². The Morgan fingerprint density at radius 2 is 2.08 bits per heavy atom. The number of allylic oxidation sites excluding steroid dienone is 3. The monoisotopic (exact) mass is 337 g/mol. The quantitative estimate of drug-likeness (QED) is 0.199. The minimum atomic E-state index is 0.289. The Hall–Kier alpha value is -1.72. The number of unbranched alkanes of at least 4 members (excludes halogenated alkanes) is 3. The Bertz CT molecular complexity index is 631. The minimum absolute atomic E-state index is 0.289.